The Kier molecular flexibility index (Phi) is 7.10. The first-order chi connectivity index (χ1) is 14.7. The first-order valence-electron chi connectivity index (χ1n) is 9.44. The molecule has 0 unspecified atom stereocenters. The molecule has 0 atom stereocenters. The van der Waals surface area contributed by atoms with Crippen molar-refractivity contribution in [2.24, 2.45) is 0 Å². The Balaban J connectivity index is 1.50. The second-order valence-corrected chi connectivity index (χ2v) is 9.19. The van der Waals surface area contributed by atoms with E-state index in [1.54, 1.807) is 35.7 Å². The van der Waals surface area contributed by atoms with Crippen LogP contribution in [0.1, 0.15) is 11.4 Å². The summed E-state index contributed by atoms with van der Waals surface area (Å²) in [5, 5.41) is 10.4. The molecule has 4 rings (SSSR count). The SMILES string of the molecule is Fc1ccc(-n2c(Cc3ccccc3)nnc2SCCSc2ccc(Cl)cc2)cc1. The molecule has 152 valence electrons. The molecule has 3 nitrogen and oxygen atoms in total. The number of thioether (sulfide) groups is 2. The summed E-state index contributed by atoms with van der Waals surface area (Å²) in [4.78, 5) is 1.18. The average molecular weight is 456 g/mol. The topological polar surface area (TPSA) is 30.7 Å². The summed E-state index contributed by atoms with van der Waals surface area (Å²) >= 11 is 9.37. The van der Waals surface area contributed by atoms with Gasteiger partial charge in [0, 0.05) is 33.5 Å². The third kappa shape index (κ3) is 5.45. The van der Waals surface area contributed by atoms with Crippen LogP contribution in [-0.4, -0.2) is 26.3 Å². The van der Waals surface area contributed by atoms with E-state index in [2.05, 4.69) is 22.3 Å². The van der Waals surface area contributed by atoms with Gasteiger partial charge in [-0.05, 0) is 54.1 Å². The Morgan fingerprint density at radius 3 is 2.23 bits per heavy atom. The zero-order valence-electron chi connectivity index (χ0n) is 16.0. The van der Waals surface area contributed by atoms with E-state index in [1.165, 1.54) is 17.0 Å². The molecule has 1 heterocycles. The number of hydrogen-bond acceptors (Lipinski definition) is 4. The van der Waals surface area contributed by atoms with Crippen molar-refractivity contribution >= 4 is 35.1 Å². The second kappa shape index (κ2) is 10.2. The molecule has 7 heteroatoms. The van der Waals surface area contributed by atoms with Gasteiger partial charge in [0.05, 0.1) is 0 Å². The molecule has 30 heavy (non-hydrogen) atoms. The predicted octanol–water partition coefficient (Wildman–Crippen LogP) is 6.54. The van der Waals surface area contributed by atoms with Gasteiger partial charge in [-0.2, -0.15) is 0 Å². The summed E-state index contributed by atoms with van der Waals surface area (Å²) in [7, 11) is 0. The van der Waals surface area contributed by atoms with Crippen molar-refractivity contribution in [2.75, 3.05) is 11.5 Å². The first kappa shape index (κ1) is 21.0. The van der Waals surface area contributed by atoms with Gasteiger partial charge in [0.1, 0.15) is 11.6 Å². The monoisotopic (exact) mass is 455 g/mol. The highest BCUT2D eigenvalue weighted by Crippen LogP contribution is 2.26. The van der Waals surface area contributed by atoms with Crippen LogP contribution in [0, 0.1) is 5.82 Å². The normalized spacial score (nSPS) is 11.0. The highest BCUT2D eigenvalue weighted by molar-refractivity contribution is 8.02. The van der Waals surface area contributed by atoms with Crippen LogP contribution < -0.4 is 0 Å². The highest BCUT2D eigenvalue weighted by Gasteiger charge is 2.15. The van der Waals surface area contributed by atoms with E-state index in [0.29, 0.717) is 6.42 Å². The van der Waals surface area contributed by atoms with Crippen LogP contribution in [0.2, 0.25) is 5.02 Å². The highest BCUT2D eigenvalue weighted by atomic mass is 35.5. The second-order valence-electron chi connectivity index (χ2n) is 6.52. The van der Waals surface area contributed by atoms with Crippen LogP contribution in [0.25, 0.3) is 5.69 Å². The Labute approximate surface area is 188 Å². The minimum atomic E-state index is -0.259. The van der Waals surface area contributed by atoms with Gasteiger partial charge < -0.3 is 0 Å². The lowest BCUT2D eigenvalue weighted by Crippen LogP contribution is -2.04. The maximum absolute atomic E-state index is 13.5. The van der Waals surface area contributed by atoms with E-state index >= 15 is 0 Å². The summed E-state index contributed by atoms with van der Waals surface area (Å²) in [5.74, 6) is 2.37. The third-order valence-electron chi connectivity index (χ3n) is 4.39. The van der Waals surface area contributed by atoms with Crippen molar-refractivity contribution in [3.8, 4) is 5.69 Å². The smallest absolute Gasteiger partial charge is 0.195 e. The van der Waals surface area contributed by atoms with Crippen LogP contribution in [0.15, 0.2) is 88.9 Å². The minimum Gasteiger partial charge on any atom is -0.274 e. The Morgan fingerprint density at radius 1 is 0.800 bits per heavy atom. The third-order valence-corrected chi connectivity index (χ3v) is 6.84. The molecule has 0 amide bonds. The number of hydrogen-bond donors (Lipinski definition) is 0. The maximum atomic E-state index is 13.5. The van der Waals surface area contributed by atoms with Crippen molar-refractivity contribution < 1.29 is 4.39 Å². The molecule has 0 aliphatic rings. The van der Waals surface area contributed by atoms with Crippen LogP contribution in [0.3, 0.4) is 0 Å². The molecule has 0 N–H and O–H groups in total. The number of aromatic nitrogens is 3. The van der Waals surface area contributed by atoms with Gasteiger partial charge >= 0.3 is 0 Å². The summed E-state index contributed by atoms with van der Waals surface area (Å²) in [6.45, 7) is 0. The summed E-state index contributed by atoms with van der Waals surface area (Å²) in [5.41, 5.74) is 2.02. The van der Waals surface area contributed by atoms with Gasteiger partial charge in [-0.25, -0.2) is 4.39 Å². The number of rotatable bonds is 8. The molecule has 3 aromatic carbocycles. The molecule has 4 aromatic rings. The molecule has 0 saturated carbocycles. The summed E-state index contributed by atoms with van der Waals surface area (Å²) in [6.07, 6.45) is 0.658. The fraction of sp³-hybridized carbons (Fsp3) is 0.130. The number of nitrogens with zero attached hydrogens (tertiary/aromatic N) is 3. The van der Waals surface area contributed by atoms with E-state index < -0.39 is 0 Å². The molecule has 0 aliphatic carbocycles. The van der Waals surface area contributed by atoms with Gasteiger partial charge in [0.2, 0.25) is 0 Å². The molecule has 0 bridgehead atoms. The van der Waals surface area contributed by atoms with Gasteiger partial charge in [0.15, 0.2) is 5.16 Å². The fourth-order valence-electron chi connectivity index (χ4n) is 2.96. The molecular weight excluding hydrogens is 437 g/mol. The van der Waals surface area contributed by atoms with Gasteiger partial charge in [-0.1, -0.05) is 53.7 Å². The Hall–Kier alpha value is -2.28. The Bertz CT molecular complexity index is 1080. The summed E-state index contributed by atoms with van der Waals surface area (Å²) in [6, 6.07) is 24.5. The molecule has 0 aliphatic heterocycles. The predicted molar refractivity (Wildman–Crippen MR) is 123 cm³/mol. The minimum absolute atomic E-state index is 0.259. The lowest BCUT2D eigenvalue weighted by molar-refractivity contribution is 0.627. The Morgan fingerprint density at radius 2 is 1.50 bits per heavy atom. The molecule has 0 fully saturated rings. The number of halogens is 2. The largest absolute Gasteiger partial charge is 0.274 e. The fourth-order valence-corrected chi connectivity index (χ4v) is 4.94. The van der Waals surface area contributed by atoms with E-state index in [9.17, 15) is 4.39 Å². The van der Waals surface area contributed by atoms with Crippen molar-refractivity contribution in [1.29, 1.82) is 0 Å². The van der Waals surface area contributed by atoms with Gasteiger partial charge in [-0.3, -0.25) is 4.57 Å². The average Bonchev–Trinajstić information content (AvgIpc) is 3.16. The zero-order valence-corrected chi connectivity index (χ0v) is 18.4. The molecular formula is C23H19ClFN3S2. The molecule has 0 saturated heterocycles. The quantitative estimate of drug-likeness (QED) is 0.223. The standard InChI is InChI=1S/C23H19ClFN3S2/c24-18-6-12-21(13-7-18)29-14-15-30-23-27-26-22(16-17-4-2-1-3-5-17)28(23)20-10-8-19(25)9-11-20/h1-13H,14-16H2. The van der Waals surface area contributed by atoms with Crippen LogP contribution in [-0.2, 0) is 6.42 Å². The lowest BCUT2D eigenvalue weighted by atomic mass is 10.1. The maximum Gasteiger partial charge on any atom is 0.195 e. The molecule has 0 radical (unpaired) electrons. The van der Waals surface area contributed by atoms with Gasteiger partial charge in [-0.15, -0.1) is 22.0 Å². The van der Waals surface area contributed by atoms with Gasteiger partial charge in [0.25, 0.3) is 0 Å². The zero-order chi connectivity index (χ0) is 20.8. The van der Waals surface area contributed by atoms with E-state index in [-0.39, 0.29) is 5.82 Å². The van der Waals surface area contributed by atoms with Crippen molar-refractivity contribution in [2.45, 2.75) is 16.5 Å². The van der Waals surface area contributed by atoms with Crippen LogP contribution in [0.4, 0.5) is 4.39 Å². The molecule has 0 spiro atoms. The van der Waals surface area contributed by atoms with E-state index in [4.69, 9.17) is 11.6 Å². The van der Waals surface area contributed by atoms with Crippen LogP contribution in [0.5, 0.6) is 0 Å². The summed E-state index contributed by atoms with van der Waals surface area (Å²) < 4.78 is 15.5. The lowest BCUT2D eigenvalue weighted by Gasteiger charge is -2.10. The van der Waals surface area contributed by atoms with E-state index in [0.717, 1.165) is 38.8 Å². The van der Waals surface area contributed by atoms with E-state index in [1.807, 2.05) is 47.0 Å². The van der Waals surface area contributed by atoms with Crippen molar-refractivity contribution in [1.82, 2.24) is 14.8 Å². The number of benzene rings is 3. The first-order valence-corrected chi connectivity index (χ1v) is 11.8. The van der Waals surface area contributed by atoms with Crippen molar-refractivity contribution in [3.63, 3.8) is 0 Å². The van der Waals surface area contributed by atoms with Crippen molar-refractivity contribution in [3.05, 3.63) is 101 Å². The van der Waals surface area contributed by atoms with Crippen LogP contribution >= 0.6 is 35.1 Å². The molecule has 1 aromatic heterocycles.